The number of methoxy groups -OCH3 is 2. The number of likely N-dealkylation sites (tertiary alicyclic amines) is 1. The number of nitrogens with zero attached hydrogens (tertiary/aromatic N) is 2. The molecule has 3 aromatic carbocycles. The molecule has 1 unspecified atom stereocenters. The fraction of sp³-hybridized carbons (Fsp3) is 0.406. The van der Waals surface area contributed by atoms with Gasteiger partial charge in [-0.15, -0.1) is 0 Å². The summed E-state index contributed by atoms with van der Waals surface area (Å²) in [5.74, 6) is 1.51. The zero-order valence-corrected chi connectivity index (χ0v) is 23.3. The van der Waals surface area contributed by atoms with Crippen LogP contribution in [0.3, 0.4) is 0 Å². The number of nitrogens with one attached hydrogen (secondary N) is 1. The number of anilines is 1. The molecule has 3 aromatic rings. The summed E-state index contributed by atoms with van der Waals surface area (Å²) in [6, 6.07) is 27.3. The Morgan fingerprint density at radius 1 is 0.923 bits per heavy atom. The van der Waals surface area contributed by atoms with Crippen molar-refractivity contribution >= 4 is 11.8 Å². The molecule has 1 fully saturated rings. The molecule has 1 atom stereocenters. The van der Waals surface area contributed by atoms with Crippen molar-refractivity contribution in [2.45, 2.75) is 51.4 Å². The number of hydrogen-bond donors (Lipinski definition) is 1. The summed E-state index contributed by atoms with van der Waals surface area (Å²) in [5.41, 5.74) is 3.49. The highest BCUT2D eigenvalue weighted by atomic mass is 16.6. The third-order valence-electron chi connectivity index (χ3n) is 7.36. The molecule has 208 valence electrons. The summed E-state index contributed by atoms with van der Waals surface area (Å²) in [6.45, 7) is 5.65. The van der Waals surface area contributed by atoms with E-state index in [-0.39, 0.29) is 18.2 Å². The summed E-state index contributed by atoms with van der Waals surface area (Å²) in [4.78, 5) is 17.1. The second kappa shape index (κ2) is 14.4. The first-order valence-corrected chi connectivity index (χ1v) is 13.8. The maximum Gasteiger partial charge on any atom is 0.409 e. The molecule has 1 aliphatic heterocycles. The van der Waals surface area contributed by atoms with Crippen molar-refractivity contribution in [2.24, 2.45) is 0 Å². The largest absolute Gasteiger partial charge is 0.497 e. The second-order valence-corrected chi connectivity index (χ2v) is 10.1. The van der Waals surface area contributed by atoms with Crippen LogP contribution in [-0.2, 0) is 17.8 Å². The number of carbonyl (C=O) groups is 1. The third-order valence-corrected chi connectivity index (χ3v) is 7.36. The number of benzene rings is 3. The Morgan fingerprint density at radius 2 is 1.54 bits per heavy atom. The molecule has 0 aliphatic carbocycles. The lowest BCUT2D eigenvalue weighted by Gasteiger charge is -2.33. The minimum atomic E-state index is -0.222. The van der Waals surface area contributed by atoms with E-state index in [2.05, 4.69) is 65.7 Å². The van der Waals surface area contributed by atoms with E-state index in [0.717, 1.165) is 49.5 Å². The molecule has 39 heavy (non-hydrogen) atoms. The average Bonchev–Trinajstić information content (AvgIpc) is 2.98. The van der Waals surface area contributed by atoms with Crippen molar-refractivity contribution in [2.75, 3.05) is 39.2 Å². The molecular weight excluding hydrogens is 490 g/mol. The lowest BCUT2D eigenvalue weighted by Crippen LogP contribution is -2.43. The van der Waals surface area contributed by atoms with Crippen LogP contribution in [0.2, 0.25) is 0 Å². The second-order valence-electron chi connectivity index (χ2n) is 10.1. The predicted octanol–water partition coefficient (Wildman–Crippen LogP) is 6.20. The summed E-state index contributed by atoms with van der Waals surface area (Å²) in [5, 5.41) is 3.56. The van der Waals surface area contributed by atoms with Crippen LogP contribution in [0.1, 0.15) is 37.3 Å². The monoisotopic (exact) mass is 531 g/mol. The van der Waals surface area contributed by atoms with Gasteiger partial charge in [0.05, 0.1) is 26.5 Å². The van der Waals surface area contributed by atoms with E-state index < -0.39 is 0 Å². The van der Waals surface area contributed by atoms with Gasteiger partial charge in [-0.1, -0.05) is 60.7 Å². The van der Waals surface area contributed by atoms with Crippen molar-refractivity contribution in [1.82, 2.24) is 9.80 Å². The molecular formula is C32H41N3O4. The SMILES string of the molecule is COc1ccc(NC2CCN(C(=O)OCCC(C)N(Cc3ccccc3)Cc3ccccc3)CC2)c(OC)c1. The van der Waals surface area contributed by atoms with Gasteiger partial charge in [-0.2, -0.15) is 0 Å². The lowest BCUT2D eigenvalue weighted by atomic mass is 10.0. The normalized spacial score (nSPS) is 14.6. The van der Waals surface area contributed by atoms with Gasteiger partial charge in [0, 0.05) is 44.3 Å². The number of amides is 1. The average molecular weight is 532 g/mol. The Balaban J connectivity index is 1.23. The molecule has 0 radical (unpaired) electrons. The fourth-order valence-corrected chi connectivity index (χ4v) is 4.94. The van der Waals surface area contributed by atoms with Crippen molar-refractivity contribution in [3.05, 3.63) is 90.0 Å². The number of carbonyl (C=O) groups excluding carboxylic acids is 1. The zero-order valence-electron chi connectivity index (χ0n) is 23.3. The van der Waals surface area contributed by atoms with E-state index in [1.165, 1.54) is 11.1 Å². The highest BCUT2D eigenvalue weighted by Crippen LogP contribution is 2.30. The summed E-state index contributed by atoms with van der Waals surface area (Å²) < 4.78 is 16.5. The molecule has 4 rings (SSSR count). The van der Waals surface area contributed by atoms with Gasteiger partial charge in [0.15, 0.2) is 0 Å². The first kappa shape index (κ1) is 28.3. The van der Waals surface area contributed by atoms with Crippen LogP contribution < -0.4 is 14.8 Å². The van der Waals surface area contributed by atoms with E-state index in [9.17, 15) is 4.79 Å². The standard InChI is InChI=1S/C32H41N3O4/c1-25(35(23-26-10-6-4-7-11-26)24-27-12-8-5-9-13-27)18-21-39-32(36)34-19-16-28(17-20-34)33-30-15-14-29(37-2)22-31(30)38-3/h4-15,22,25,28,33H,16-21,23-24H2,1-3H3. The minimum absolute atomic E-state index is 0.222. The van der Waals surface area contributed by atoms with Gasteiger partial charge in [-0.25, -0.2) is 4.79 Å². The van der Waals surface area contributed by atoms with Crippen molar-refractivity contribution < 1.29 is 19.0 Å². The van der Waals surface area contributed by atoms with E-state index in [1.807, 2.05) is 35.2 Å². The van der Waals surface area contributed by atoms with Gasteiger partial charge in [-0.05, 0) is 49.4 Å². The molecule has 0 spiro atoms. The van der Waals surface area contributed by atoms with Crippen LogP contribution in [0.5, 0.6) is 11.5 Å². The van der Waals surface area contributed by atoms with Crippen molar-refractivity contribution in [3.8, 4) is 11.5 Å². The quantitative estimate of drug-likeness (QED) is 0.300. The first-order valence-electron chi connectivity index (χ1n) is 13.8. The fourth-order valence-electron chi connectivity index (χ4n) is 4.94. The van der Waals surface area contributed by atoms with Gasteiger partial charge < -0.3 is 24.4 Å². The van der Waals surface area contributed by atoms with Crippen LogP contribution in [0.15, 0.2) is 78.9 Å². The Kier molecular flexibility index (Phi) is 10.5. The number of piperidine rings is 1. The molecule has 1 aliphatic rings. The molecule has 1 N–H and O–H groups in total. The van der Waals surface area contributed by atoms with E-state index in [1.54, 1.807) is 14.2 Å². The molecule has 1 amide bonds. The van der Waals surface area contributed by atoms with Crippen LogP contribution >= 0.6 is 0 Å². The first-order chi connectivity index (χ1) is 19.1. The molecule has 0 aromatic heterocycles. The number of hydrogen-bond acceptors (Lipinski definition) is 6. The van der Waals surface area contributed by atoms with Gasteiger partial charge >= 0.3 is 6.09 Å². The van der Waals surface area contributed by atoms with Gasteiger partial charge in [-0.3, -0.25) is 4.90 Å². The van der Waals surface area contributed by atoms with Crippen molar-refractivity contribution in [3.63, 3.8) is 0 Å². The summed E-state index contributed by atoms with van der Waals surface area (Å²) >= 11 is 0. The smallest absolute Gasteiger partial charge is 0.409 e. The van der Waals surface area contributed by atoms with Crippen LogP contribution in [0.4, 0.5) is 10.5 Å². The van der Waals surface area contributed by atoms with E-state index in [4.69, 9.17) is 14.2 Å². The Hall–Kier alpha value is -3.71. The van der Waals surface area contributed by atoms with Gasteiger partial charge in [0.1, 0.15) is 11.5 Å². The molecule has 1 saturated heterocycles. The summed E-state index contributed by atoms with van der Waals surface area (Å²) in [7, 11) is 3.30. The Bertz CT molecular complexity index is 1110. The Labute approximate surface area is 232 Å². The third kappa shape index (κ3) is 8.39. The Morgan fingerprint density at radius 3 is 2.10 bits per heavy atom. The van der Waals surface area contributed by atoms with Crippen LogP contribution in [0, 0.1) is 0 Å². The summed E-state index contributed by atoms with van der Waals surface area (Å²) in [6.07, 6.45) is 2.26. The molecule has 7 heteroatoms. The maximum atomic E-state index is 12.8. The molecule has 7 nitrogen and oxygen atoms in total. The number of rotatable bonds is 12. The van der Waals surface area contributed by atoms with Gasteiger partial charge in [0.25, 0.3) is 0 Å². The zero-order chi connectivity index (χ0) is 27.5. The van der Waals surface area contributed by atoms with E-state index in [0.29, 0.717) is 19.7 Å². The van der Waals surface area contributed by atoms with Crippen molar-refractivity contribution in [1.29, 1.82) is 0 Å². The predicted molar refractivity (Wildman–Crippen MR) is 155 cm³/mol. The topological polar surface area (TPSA) is 63.3 Å². The minimum Gasteiger partial charge on any atom is -0.497 e. The van der Waals surface area contributed by atoms with E-state index >= 15 is 0 Å². The highest BCUT2D eigenvalue weighted by molar-refractivity contribution is 5.67. The highest BCUT2D eigenvalue weighted by Gasteiger charge is 2.25. The maximum absolute atomic E-state index is 12.8. The van der Waals surface area contributed by atoms with Crippen LogP contribution in [-0.4, -0.2) is 61.9 Å². The molecule has 0 bridgehead atoms. The van der Waals surface area contributed by atoms with Crippen LogP contribution in [0.25, 0.3) is 0 Å². The lowest BCUT2D eigenvalue weighted by molar-refractivity contribution is 0.0807. The molecule has 1 heterocycles. The number of ether oxygens (including phenoxy) is 3. The molecule has 0 saturated carbocycles. The van der Waals surface area contributed by atoms with Gasteiger partial charge in [0.2, 0.25) is 0 Å².